The van der Waals surface area contributed by atoms with Gasteiger partial charge in [-0.15, -0.1) is 0 Å². The van der Waals surface area contributed by atoms with Crippen molar-refractivity contribution in [2.45, 2.75) is 37.1 Å². The molecular formula is C90H66N2O22. The lowest BCUT2D eigenvalue weighted by Gasteiger charge is -2.35. The number of epoxide rings is 2. The Hall–Kier alpha value is -14.4. The number of fused-ring (bicyclic) bond motifs is 2. The molecule has 4 aliphatic heterocycles. The van der Waals surface area contributed by atoms with E-state index in [1.807, 2.05) is 0 Å². The summed E-state index contributed by atoms with van der Waals surface area (Å²) < 4.78 is 85.7. The van der Waals surface area contributed by atoms with Crippen molar-refractivity contribution in [3.63, 3.8) is 0 Å². The van der Waals surface area contributed by atoms with Crippen LogP contribution in [-0.2, 0) is 41.4 Å². The maximum Gasteiger partial charge on any atom is 0.338 e. The van der Waals surface area contributed by atoms with Crippen molar-refractivity contribution in [1.29, 1.82) is 0 Å². The molecule has 24 heteroatoms. The van der Waals surface area contributed by atoms with Crippen LogP contribution in [0.15, 0.2) is 231 Å². The molecule has 4 aliphatic rings. The van der Waals surface area contributed by atoms with Gasteiger partial charge in [0.25, 0.3) is 23.6 Å². The van der Waals surface area contributed by atoms with Gasteiger partial charge in [-0.05, 0) is 120 Å². The molecule has 4 heterocycles. The van der Waals surface area contributed by atoms with E-state index in [1.165, 1.54) is 101 Å². The molecule has 0 radical (unpaired) electrons. The maximum atomic E-state index is 16.7. The predicted molar refractivity (Wildman–Crippen MR) is 413 cm³/mol. The number of hydrogen-bond acceptors (Lipinski definition) is 22. The molecule has 568 valence electrons. The molecule has 2 fully saturated rings. The largest absolute Gasteiger partial charge is 0.497 e. The minimum Gasteiger partial charge on any atom is -0.497 e. The average Bonchev–Trinajstić information content (AvgIpc) is 1.07. The number of esters is 4. The first-order valence-electron chi connectivity index (χ1n) is 36.3. The van der Waals surface area contributed by atoms with E-state index in [9.17, 15) is 9.59 Å². The van der Waals surface area contributed by atoms with Gasteiger partial charge in [0.1, 0.15) is 118 Å². The van der Waals surface area contributed by atoms with Crippen molar-refractivity contribution in [3.05, 3.63) is 275 Å². The number of rotatable bonds is 28. The Balaban J connectivity index is 0.946. The molecule has 24 nitrogen and oxygen atoms in total. The van der Waals surface area contributed by atoms with E-state index >= 15 is 28.8 Å². The number of nitrogens with zero attached hydrogens (tertiary/aromatic N) is 2. The molecule has 0 spiro atoms. The second-order valence-electron chi connectivity index (χ2n) is 27.2. The van der Waals surface area contributed by atoms with Gasteiger partial charge in [0.05, 0.1) is 75.0 Å². The van der Waals surface area contributed by atoms with Crippen LogP contribution in [0, 0.1) is 0 Å². The first kappa shape index (κ1) is 72.5. The fraction of sp³-hybridized carbons (Fsp3) is 0.156. The summed E-state index contributed by atoms with van der Waals surface area (Å²) >= 11 is 0. The Morgan fingerprint density at radius 2 is 0.614 bits per heavy atom. The maximum absolute atomic E-state index is 16.7. The fourth-order valence-corrected chi connectivity index (χ4v) is 14.4. The van der Waals surface area contributed by atoms with Crippen molar-refractivity contribution in [1.82, 2.24) is 9.80 Å². The summed E-state index contributed by atoms with van der Waals surface area (Å²) in [6.45, 7) is 0.899. The second kappa shape index (κ2) is 30.5. The first-order chi connectivity index (χ1) is 55.6. The summed E-state index contributed by atoms with van der Waals surface area (Å²) in [6, 6.07) is 57.8. The molecule has 4 amide bonds. The van der Waals surface area contributed by atoms with Gasteiger partial charge >= 0.3 is 23.9 Å². The highest BCUT2D eigenvalue weighted by molar-refractivity contribution is 6.45. The molecule has 0 N–H and O–H groups in total. The summed E-state index contributed by atoms with van der Waals surface area (Å²) in [4.78, 5) is 126. The number of amides is 4. The third-order valence-corrected chi connectivity index (χ3v) is 19.9. The molecule has 13 aromatic rings. The Kier molecular flexibility index (Phi) is 19.4. The molecule has 17 rings (SSSR count). The van der Waals surface area contributed by atoms with Crippen molar-refractivity contribution < 1.29 is 105 Å². The minimum absolute atomic E-state index is 0.00889. The lowest BCUT2D eigenvalue weighted by molar-refractivity contribution is -0.139. The monoisotopic (exact) mass is 1530 g/mol. The summed E-state index contributed by atoms with van der Waals surface area (Å²) in [5.74, 6) is -5.94. The summed E-state index contributed by atoms with van der Waals surface area (Å²) in [5.41, 5.74) is 0.475. The zero-order valence-corrected chi connectivity index (χ0v) is 61.4. The number of carbonyl (C=O) groups excluding carboxylic acids is 8. The van der Waals surface area contributed by atoms with Crippen molar-refractivity contribution in [2.24, 2.45) is 0 Å². The lowest BCUT2D eigenvalue weighted by atomic mass is 9.80. The lowest BCUT2D eigenvalue weighted by Crippen LogP contribution is -2.53. The number of carbonyl (C=O) groups is 8. The standard InChI is InChI=1S/C90H66N2O22/c1-101-53-23-13-29-59(37-53)109-71-41-65-75-66(84(94)91(83(65)93)69(33-49-17-7-5-8-18-49)89(99)113-57-27-11-21-51(35-57)87(97)107-47-63-45-105-63)43-73(111-61-31-15-25-55(39-61)103-3)79-80-74(112-62-32-16-26-56(40-62)104-4)44-68-76-67(42-72(78(82(76)80)77(71)81(75)79)110-60-30-14-24-54(38-60)102-2)85(95)92(86(68)96)70(34-50-19-9-6-10-20-50)90(100)114-58-28-12-22-52(36-58)88(98)108-48-64-46-106-64/h5-32,35-44,63-64,69-70H,33-34,45-48H2,1-4H3. The zero-order valence-electron chi connectivity index (χ0n) is 61.4. The Morgan fingerprint density at radius 3 is 0.904 bits per heavy atom. The molecule has 114 heavy (non-hydrogen) atoms. The van der Waals surface area contributed by atoms with Gasteiger partial charge in [-0.1, -0.05) is 97.1 Å². The number of methoxy groups -OCH3 is 4. The van der Waals surface area contributed by atoms with Crippen LogP contribution >= 0.6 is 0 Å². The number of imide groups is 2. The van der Waals surface area contributed by atoms with Crippen LogP contribution in [0.4, 0.5) is 0 Å². The van der Waals surface area contributed by atoms with E-state index in [0.29, 0.717) is 47.3 Å². The van der Waals surface area contributed by atoms with Crippen molar-refractivity contribution >= 4 is 90.6 Å². The molecule has 0 aromatic heterocycles. The Labute approximate surface area is 649 Å². The third-order valence-electron chi connectivity index (χ3n) is 19.9. The highest BCUT2D eigenvalue weighted by atomic mass is 16.6. The number of hydrogen-bond donors (Lipinski definition) is 0. The van der Waals surface area contributed by atoms with E-state index in [0.717, 1.165) is 9.80 Å². The van der Waals surface area contributed by atoms with Gasteiger partial charge in [-0.3, -0.25) is 29.0 Å². The van der Waals surface area contributed by atoms with Crippen LogP contribution in [0.2, 0.25) is 0 Å². The van der Waals surface area contributed by atoms with Crippen LogP contribution in [0.25, 0.3) is 43.1 Å². The molecule has 2 saturated heterocycles. The van der Waals surface area contributed by atoms with Crippen LogP contribution < -0.4 is 47.4 Å². The Morgan fingerprint density at radius 1 is 0.333 bits per heavy atom. The van der Waals surface area contributed by atoms with Crippen molar-refractivity contribution in [3.8, 4) is 80.5 Å². The average molecular weight is 1530 g/mol. The summed E-state index contributed by atoms with van der Waals surface area (Å²) in [7, 11) is 5.91. The fourth-order valence-electron chi connectivity index (χ4n) is 14.4. The normalized spacial score (nSPS) is 15.1. The van der Waals surface area contributed by atoms with Crippen LogP contribution in [0.5, 0.6) is 80.5 Å². The van der Waals surface area contributed by atoms with Gasteiger partial charge in [-0.2, -0.15) is 0 Å². The summed E-state index contributed by atoms with van der Waals surface area (Å²) in [6.07, 6.45) is -1.03. The van der Waals surface area contributed by atoms with Gasteiger partial charge in [-0.25, -0.2) is 19.2 Å². The highest BCUT2D eigenvalue weighted by Gasteiger charge is 2.48. The van der Waals surface area contributed by atoms with Crippen LogP contribution in [0.3, 0.4) is 0 Å². The number of benzene rings is 13. The molecule has 0 bridgehead atoms. The third kappa shape index (κ3) is 14.2. The molecule has 13 aromatic carbocycles. The van der Waals surface area contributed by atoms with Gasteiger partial charge in [0.15, 0.2) is 0 Å². The quantitative estimate of drug-likeness (QED) is 0.0110. The van der Waals surface area contributed by atoms with E-state index in [4.69, 9.17) is 66.3 Å². The highest BCUT2D eigenvalue weighted by Crippen LogP contribution is 2.58. The van der Waals surface area contributed by atoms with E-state index in [1.54, 1.807) is 158 Å². The molecular weight excluding hydrogens is 1460 g/mol. The smallest absolute Gasteiger partial charge is 0.338 e. The van der Waals surface area contributed by atoms with Gasteiger partial charge in [0.2, 0.25) is 0 Å². The summed E-state index contributed by atoms with van der Waals surface area (Å²) in [5, 5.41) is 0.712. The SMILES string of the molecule is COc1cccc(Oc2cc3c4c(cc(Oc5cccc(OC)c5)c5c6c(Oc7cccc(OC)c7)cc7c8c(cc(Oc9cccc(OC)c9)c(c2c45)c86)C(=O)N(C(Cc2ccccc2)C(=O)Oc2cccc(C(=O)OCC4CO4)c2)C7=O)C(=O)N(C(Cc2ccccc2)C(=O)Oc2cccc(C(=O)OCC4CO4)c2)C3=O)c1. The van der Waals surface area contributed by atoms with E-state index < -0.39 is 59.6 Å². The van der Waals surface area contributed by atoms with Gasteiger partial charge in [0, 0.05) is 80.2 Å². The molecule has 4 atom stereocenters. The first-order valence-corrected chi connectivity index (χ1v) is 36.3. The topological polar surface area (TPSA) is 279 Å². The van der Waals surface area contributed by atoms with Crippen LogP contribution in [0.1, 0.15) is 73.3 Å². The second-order valence-corrected chi connectivity index (χ2v) is 27.2. The molecule has 4 unspecified atom stereocenters. The number of ether oxygens (including phenoxy) is 14. The molecule has 0 saturated carbocycles. The van der Waals surface area contributed by atoms with Crippen LogP contribution in [-0.4, -0.2) is 136 Å². The predicted octanol–water partition coefficient (Wildman–Crippen LogP) is 15.7. The Bertz CT molecular complexity index is 5480. The van der Waals surface area contributed by atoms with Gasteiger partial charge < -0.3 is 66.3 Å². The van der Waals surface area contributed by atoms with E-state index in [2.05, 4.69) is 0 Å². The molecule has 0 aliphatic carbocycles. The van der Waals surface area contributed by atoms with E-state index in [-0.39, 0.29) is 172 Å². The zero-order chi connectivity index (χ0) is 78.4. The van der Waals surface area contributed by atoms with Crippen molar-refractivity contribution in [2.75, 3.05) is 54.9 Å². The minimum atomic E-state index is -1.74.